The van der Waals surface area contributed by atoms with Gasteiger partial charge in [0.15, 0.2) is 0 Å². The zero-order valence-corrected chi connectivity index (χ0v) is 10.2. The smallest absolute Gasteiger partial charge is 0.315 e. The Bertz CT molecular complexity index is 323. The largest absolute Gasteiger partial charge is 0.407 e. The molecule has 2 heterocycles. The van der Waals surface area contributed by atoms with E-state index in [-0.39, 0.29) is 0 Å². The van der Waals surface area contributed by atoms with Crippen LogP contribution in [0.3, 0.4) is 0 Å². The number of nitrogens with one attached hydrogen (secondary N) is 2. The molecule has 1 aliphatic rings. The second kappa shape index (κ2) is 6.56. The van der Waals surface area contributed by atoms with Crippen molar-refractivity contribution in [2.45, 2.75) is 26.3 Å². The van der Waals surface area contributed by atoms with Gasteiger partial charge in [-0.05, 0) is 25.3 Å². The maximum atomic E-state index is 5.44. The van der Waals surface area contributed by atoms with E-state index in [1.54, 1.807) is 0 Å². The highest BCUT2D eigenvalue weighted by molar-refractivity contribution is 5.16. The summed E-state index contributed by atoms with van der Waals surface area (Å²) in [5, 5.41) is 14.2. The van der Waals surface area contributed by atoms with E-state index in [1.807, 2.05) is 6.92 Å². The molecule has 96 valence electrons. The monoisotopic (exact) mass is 240 g/mol. The summed E-state index contributed by atoms with van der Waals surface area (Å²) in [6.07, 6.45) is 2.34. The first-order valence-corrected chi connectivity index (χ1v) is 6.23. The van der Waals surface area contributed by atoms with Crippen LogP contribution in [0.2, 0.25) is 0 Å². The van der Waals surface area contributed by atoms with Crippen LogP contribution in [-0.4, -0.2) is 36.5 Å². The molecule has 1 aromatic heterocycles. The first kappa shape index (κ1) is 12.3. The quantitative estimate of drug-likeness (QED) is 0.773. The van der Waals surface area contributed by atoms with Gasteiger partial charge in [0.2, 0.25) is 5.89 Å². The van der Waals surface area contributed by atoms with Gasteiger partial charge in [0, 0.05) is 13.2 Å². The van der Waals surface area contributed by atoms with Crippen molar-refractivity contribution in [2.24, 2.45) is 5.92 Å². The maximum absolute atomic E-state index is 5.44. The van der Waals surface area contributed by atoms with Gasteiger partial charge in [0.25, 0.3) is 0 Å². The summed E-state index contributed by atoms with van der Waals surface area (Å²) in [5.41, 5.74) is 0. The number of ether oxygens (including phenoxy) is 1. The highest BCUT2D eigenvalue weighted by Gasteiger charge is 2.14. The summed E-state index contributed by atoms with van der Waals surface area (Å²) in [7, 11) is 0. The van der Waals surface area contributed by atoms with E-state index in [4.69, 9.17) is 9.15 Å². The Morgan fingerprint density at radius 2 is 2.35 bits per heavy atom. The molecule has 0 aliphatic carbocycles. The third-order valence-electron chi connectivity index (χ3n) is 2.79. The van der Waals surface area contributed by atoms with E-state index in [0.29, 0.717) is 24.4 Å². The molecular weight excluding hydrogens is 220 g/mol. The molecule has 0 aromatic carbocycles. The average Bonchev–Trinajstić information content (AvgIpc) is 2.83. The SMILES string of the molecule is CCNCc1nnc(NCC2CCCOC2)o1. The minimum Gasteiger partial charge on any atom is -0.407 e. The maximum Gasteiger partial charge on any atom is 0.315 e. The van der Waals surface area contributed by atoms with Crippen molar-refractivity contribution >= 4 is 6.01 Å². The number of aromatic nitrogens is 2. The van der Waals surface area contributed by atoms with Crippen LogP contribution in [0.25, 0.3) is 0 Å². The van der Waals surface area contributed by atoms with Crippen LogP contribution in [-0.2, 0) is 11.3 Å². The van der Waals surface area contributed by atoms with Gasteiger partial charge in [-0.3, -0.25) is 0 Å². The van der Waals surface area contributed by atoms with Gasteiger partial charge in [-0.2, -0.15) is 0 Å². The molecule has 1 fully saturated rings. The molecule has 1 unspecified atom stereocenters. The number of hydrogen-bond acceptors (Lipinski definition) is 6. The molecular formula is C11H20N4O2. The summed E-state index contributed by atoms with van der Waals surface area (Å²) in [6, 6.07) is 0.503. The fourth-order valence-electron chi connectivity index (χ4n) is 1.83. The Morgan fingerprint density at radius 3 is 3.12 bits per heavy atom. The third-order valence-corrected chi connectivity index (χ3v) is 2.79. The Labute approximate surface area is 101 Å². The predicted molar refractivity (Wildman–Crippen MR) is 63.7 cm³/mol. The zero-order valence-electron chi connectivity index (χ0n) is 10.2. The molecule has 0 spiro atoms. The van der Waals surface area contributed by atoms with Crippen LogP contribution in [0.1, 0.15) is 25.7 Å². The molecule has 17 heavy (non-hydrogen) atoms. The van der Waals surface area contributed by atoms with Crippen LogP contribution in [0, 0.1) is 5.92 Å². The molecule has 0 amide bonds. The van der Waals surface area contributed by atoms with Gasteiger partial charge in [-0.1, -0.05) is 12.0 Å². The lowest BCUT2D eigenvalue weighted by molar-refractivity contribution is 0.0593. The summed E-state index contributed by atoms with van der Waals surface area (Å²) in [5.74, 6) is 1.17. The Kier molecular flexibility index (Phi) is 4.75. The summed E-state index contributed by atoms with van der Waals surface area (Å²) >= 11 is 0. The molecule has 0 saturated carbocycles. The first-order valence-electron chi connectivity index (χ1n) is 6.23. The molecule has 6 heteroatoms. The Morgan fingerprint density at radius 1 is 1.41 bits per heavy atom. The summed E-state index contributed by atoms with van der Waals surface area (Å²) in [6.45, 7) is 6.11. The minimum absolute atomic E-state index is 0.503. The third kappa shape index (κ3) is 3.98. The normalized spacial score (nSPS) is 20.4. The van der Waals surface area contributed by atoms with Gasteiger partial charge >= 0.3 is 6.01 Å². The second-order valence-electron chi connectivity index (χ2n) is 4.25. The second-order valence-corrected chi connectivity index (χ2v) is 4.25. The topological polar surface area (TPSA) is 72.2 Å². The van der Waals surface area contributed by atoms with E-state index >= 15 is 0 Å². The van der Waals surface area contributed by atoms with Gasteiger partial charge in [0.1, 0.15) is 0 Å². The van der Waals surface area contributed by atoms with Crippen molar-refractivity contribution < 1.29 is 9.15 Å². The van der Waals surface area contributed by atoms with Crippen molar-refractivity contribution in [3.63, 3.8) is 0 Å². The summed E-state index contributed by atoms with van der Waals surface area (Å²) in [4.78, 5) is 0. The molecule has 1 aromatic rings. The summed E-state index contributed by atoms with van der Waals surface area (Å²) < 4.78 is 10.9. The lowest BCUT2D eigenvalue weighted by Gasteiger charge is -2.21. The fraction of sp³-hybridized carbons (Fsp3) is 0.818. The highest BCUT2D eigenvalue weighted by Crippen LogP contribution is 2.14. The van der Waals surface area contributed by atoms with Crippen LogP contribution in [0.4, 0.5) is 6.01 Å². The lowest BCUT2D eigenvalue weighted by Crippen LogP contribution is -2.24. The standard InChI is InChI=1S/C11H20N4O2/c1-2-12-7-10-14-15-11(17-10)13-6-9-4-3-5-16-8-9/h9,12H,2-8H2,1H3,(H,13,15). The molecule has 2 rings (SSSR count). The molecule has 0 radical (unpaired) electrons. The van der Waals surface area contributed by atoms with Crippen LogP contribution < -0.4 is 10.6 Å². The van der Waals surface area contributed by atoms with Gasteiger partial charge < -0.3 is 19.8 Å². The van der Waals surface area contributed by atoms with E-state index in [0.717, 1.165) is 32.7 Å². The molecule has 1 atom stereocenters. The molecule has 1 saturated heterocycles. The van der Waals surface area contributed by atoms with Crippen LogP contribution in [0.5, 0.6) is 0 Å². The van der Waals surface area contributed by atoms with Crippen molar-refractivity contribution in [3.05, 3.63) is 5.89 Å². The van der Waals surface area contributed by atoms with Crippen LogP contribution in [0.15, 0.2) is 4.42 Å². The number of hydrogen-bond donors (Lipinski definition) is 2. The molecule has 1 aliphatic heterocycles. The zero-order chi connectivity index (χ0) is 11.9. The van der Waals surface area contributed by atoms with E-state index in [2.05, 4.69) is 20.8 Å². The van der Waals surface area contributed by atoms with Gasteiger partial charge in [-0.15, -0.1) is 5.10 Å². The van der Waals surface area contributed by atoms with Gasteiger partial charge in [0.05, 0.1) is 13.2 Å². The fourth-order valence-corrected chi connectivity index (χ4v) is 1.83. The van der Waals surface area contributed by atoms with Crippen molar-refractivity contribution in [2.75, 3.05) is 31.6 Å². The molecule has 2 N–H and O–H groups in total. The van der Waals surface area contributed by atoms with Crippen molar-refractivity contribution in [3.8, 4) is 0 Å². The average molecular weight is 240 g/mol. The number of rotatable bonds is 6. The predicted octanol–water partition coefficient (Wildman–Crippen LogP) is 1.02. The first-order chi connectivity index (χ1) is 8.38. The highest BCUT2D eigenvalue weighted by atomic mass is 16.5. The van der Waals surface area contributed by atoms with E-state index in [9.17, 15) is 0 Å². The van der Waals surface area contributed by atoms with Crippen molar-refractivity contribution in [1.82, 2.24) is 15.5 Å². The number of nitrogens with zero attached hydrogens (tertiary/aromatic N) is 2. The molecule has 0 bridgehead atoms. The van der Waals surface area contributed by atoms with E-state index < -0.39 is 0 Å². The van der Waals surface area contributed by atoms with Crippen molar-refractivity contribution in [1.29, 1.82) is 0 Å². The Balaban J connectivity index is 1.72. The Hall–Kier alpha value is -1.14. The lowest BCUT2D eigenvalue weighted by atomic mass is 10.0. The van der Waals surface area contributed by atoms with Gasteiger partial charge in [-0.25, -0.2) is 0 Å². The minimum atomic E-state index is 0.503. The van der Waals surface area contributed by atoms with E-state index in [1.165, 1.54) is 6.42 Å². The number of anilines is 1. The van der Waals surface area contributed by atoms with Crippen LogP contribution >= 0.6 is 0 Å². The molecule has 6 nitrogen and oxygen atoms in total.